The van der Waals surface area contributed by atoms with Crippen molar-refractivity contribution >= 4 is 34.6 Å². The zero-order valence-electron chi connectivity index (χ0n) is 16.2. The topological polar surface area (TPSA) is 64.0 Å². The monoisotopic (exact) mass is 399 g/mol. The minimum Gasteiger partial charge on any atom is -0.326 e. The fourth-order valence-electron chi connectivity index (χ4n) is 3.18. The molecule has 0 bridgehead atoms. The Hall–Kier alpha value is -4.06. The lowest BCUT2D eigenvalue weighted by atomic mass is 10.2. The molecule has 0 saturated heterocycles. The van der Waals surface area contributed by atoms with E-state index in [9.17, 15) is 14.0 Å². The number of halogens is 1. The standard InChI is InChI=1S/C24H18FN3O2/c1-16(29)26-19-5-4-6-20(15-19)28-23(14-11-17-9-12-18(25)13-10-17)27-22-8-3-2-7-21(22)24(28)30/h2-15H,1H3,(H,26,29). The van der Waals surface area contributed by atoms with Crippen LogP contribution in [-0.2, 0) is 4.79 Å². The summed E-state index contributed by atoms with van der Waals surface area (Å²) in [5.74, 6) is -0.0989. The Bertz CT molecular complexity index is 1320. The van der Waals surface area contributed by atoms with E-state index in [1.165, 1.54) is 23.6 Å². The number of rotatable bonds is 4. The maximum absolute atomic E-state index is 13.3. The van der Waals surface area contributed by atoms with Gasteiger partial charge in [0.25, 0.3) is 5.56 Å². The van der Waals surface area contributed by atoms with Crippen LogP contribution in [0, 0.1) is 5.82 Å². The fourth-order valence-corrected chi connectivity index (χ4v) is 3.18. The van der Waals surface area contributed by atoms with E-state index in [2.05, 4.69) is 10.3 Å². The highest BCUT2D eigenvalue weighted by molar-refractivity contribution is 5.89. The van der Waals surface area contributed by atoms with Gasteiger partial charge in [0.15, 0.2) is 0 Å². The van der Waals surface area contributed by atoms with Gasteiger partial charge in [-0.3, -0.25) is 14.2 Å². The molecule has 30 heavy (non-hydrogen) atoms. The minimum absolute atomic E-state index is 0.201. The molecule has 5 nitrogen and oxygen atoms in total. The number of carbonyl (C=O) groups excluding carboxylic acids is 1. The molecule has 0 aliphatic carbocycles. The molecule has 1 heterocycles. The van der Waals surface area contributed by atoms with E-state index < -0.39 is 0 Å². The summed E-state index contributed by atoms with van der Waals surface area (Å²) in [5.41, 5.74) is 2.28. The third-order valence-corrected chi connectivity index (χ3v) is 4.52. The molecule has 4 aromatic rings. The lowest BCUT2D eigenvalue weighted by Gasteiger charge is -2.13. The van der Waals surface area contributed by atoms with Crippen LogP contribution in [0.2, 0.25) is 0 Å². The number of nitrogens with zero attached hydrogens (tertiary/aromatic N) is 2. The smallest absolute Gasteiger partial charge is 0.266 e. The predicted molar refractivity (Wildman–Crippen MR) is 117 cm³/mol. The van der Waals surface area contributed by atoms with Crippen molar-refractivity contribution in [2.45, 2.75) is 6.92 Å². The van der Waals surface area contributed by atoms with Crippen LogP contribution < -0.4 is 10.9 Å². The molecule has 0 saturated carbocycles. The number of carbonyl (C=O) groups is 1. The summed E-state index contributed by atoms with van der Waals surface area (Å²) in [6, 6.07) is 20.2. The fraction of sp³-hybridized carbons (Fsp3) is 0.0417. The molecule has 0 aliphatic heterocycles. The van der Waals surface area contributed by atoms with Crippen molar-refractivity contribution in [2.75, 3.05) is 5.32 Å². The number of para-hydroxylation sites is 1. The number of fused-ring (bicyclic) bond motifs is 1. The highest BCUT2D eigenvalue weighted by Crippen LogP contribution is 2.18. The lowest BCUT2D eigenvalue weighted by molar-refractivity contribution is -0.114. The van der Waals surface area contributed by atoms with Crippen LogP contribution in [0.1, 0.15) is 18.3 Å². The second-order valence-corrected chi connectivity index (χ2v) is 6.74. The summed E-state index contributed by atoms with van der Waals surface area (Å²) in [5, 5.41) is 3.21. The second-order valence-electron chi connectivity index (χ2n) is 6.74. The van der Waals surface area contributed by atoms with Crippen molar-refractivity contribution in [3.8, 4) is 5.69 Å². The summed E-state index contributed by atoms with van der Waals surface area (Å²) in [6.07, 6.45) is 3.48. The van der Waals surface area contributed by atoms with Crippen molar-refractivity contribution in [2.24, 2.45) is 0 Å². The van der Waals surface area contributed by atoms with Crippen LogP contribution in [0.3, 0.4) is 0 Å². The normalized spacial score (nSPS) is 11.1. The zero-order valence-corrected chi connectivity index (χ0v) is 16.2. The molecule has 148 valence electrons. The molecular weight excluding hydrogens is 381 g/mol. The van der Waals surface area contributed by atoms with Gasteiger partial charge in [0.1, 0.15) is 11.6 Å². The maximum Gasteiger partial charge on any atom is 0.266 e. The molecule has 6 heteroatoms. The quantitative estimate of drug-likeness (QED) is 0.543. The number of hydrogen-bond acceptors (Lipinski definition) is 3. The van der Waals surface area contributed by atoms with E-state index in [1.54, 1.807) is 66.7 Å². The second kappa shape index (κ2) is 8.13. The van der Waals surface area contributed by atoms with Crippen molar-refractivity contribution in [3.63, 3.8) is 0 Å². The van der Waals surface area contributed by atoms with Crippen molar-refractivity contribution in [1.29, 1.82) is 0 Å². The highest BCUT2D eigenvalue weighted by atomic mass is 19.1. The van der Waals surface area contributed by atoms with Crippen LogP contribution in [-0.4, -0.2) is 15.5 Å². The Morgan fingerprint density at radius 2 is 1.77 bits per heavy atom. The predicted octanol–water partition coefficient (Wildman–Crippen LogP) is 4.65. The van der Waals surface area contributed by atoms with E-state index in [0.29, 0.717) is 28.1 Å². The Labute approximate surface area is 172 Å². The van der Waals surface area contributed by atoms with E-state index in [1.807, 2.05) is 6.07 Å². The SMILES string of the molecule is CC(=O)Nc1cccc(-n2c(C=Cc3ccc(F)cc3)nc3ccccc3c2=O)c1. The summed E-state index contributed by atoms with van der Waals surface area (Å²) >= 11 is 0. The van der Waals surface area contributed by atoms with E-state index in [0.717, 1.165) is 5.56 Å². The number of anilines is 1. The number of aromatic nitrogens is 2. The van der Waals surface area contributed by atoms with Gasteiger partial charge in [-0.2, -0.15) is 0 Å². The molecule has 0 radical (unpaired) electrons. The largest absolute Gasteiger partial charge is 0.326 e. The van der Waals surface area contributed by atoms with E-state index in [-0.39, 0.29) is 17.3 Å². The van der Waals surface area contributed by atoms with Crippen LogP contribution in [0.4, 0.5) is 10.1 Å². The number of benzene rings is 3. The maximum atomic E-state index is 13.3. The molecule has 1 amide bonds. The molecule has 3 aromatic carbocycles. The minimum atomic E-state index is -0.317. The molecular formula is C24H18FN3O2. The van der Waals surface area contributed by atoms with Crippen molar-refractivity contribution in [3.05, 3.63) is 100 Å². The van der Waals surface area contributed by atoms with Gasteiger partial charge in [0.05, 0.1) is 16.6 Å². The van der Waals surface area contributed by atoms with Gasteiger partial charge in [-0.05, 0) is 54.1 Å². The molecule has 4 rings (SSSR count). The van der Waals surface area contributed by atoms with Gasteiger partial charge in [-0.25, -0.2) is 9.37 Å². The first kappa shape index (κ1) is 19.3. The van der Waals surface area contributed by atoms with Gasteiger partial charge in [-0.15, -0.1) is 0 Å². The van der Waals surface area contributed by atoms with Crippen LogP contribution in [0.5, 0.6) is 0 Å². The average molecular weight is 399 g/mol. The zero-order chi connectivity index (χ0) is 21.1. The molecule has 0 atom stereocenters. The first-order valence-electron chi connectivity index (χ1n) is 9.35. The van der Waals surface area contributed by atoms with Gasteiger partial charge in [0, 0.05) is 12.6 Å². The Morgan fingerprint density at radius 1 is 1.00 bits per heavy atom. The van der Waals surface area contributed by atoms with E-state index in [4.69, 9.17) is 0 Å². The Morgan fingerprint density at radius 3 is 2.53 bits per heavy atom. The average Bonchev–Trinajstić information content (AvgIpc) is 2.73. The van der Waals surface area contributed by atoms with Gasteiger partial charge < -0.3 is 5.32 Å². The number of amides is 1. The summed E-state index contributed by atoms with van der Waals surface area (Å²) < 4.78 is 14.7. The van der Waals surface area contributed by atoms with Crippen LogP contribution in [0.15, 0.2) is 77.6 Å². The van der Waals surface area contributed by atoms with E-state index >= 15 is 0 Å². The van der Waals surface area contributed by atoms with Crippen LogP contribution in [0.25, 0.3) is 28.7 Å². The summed E-state index contributed by atoms with van der Waals surface area (Å²) in [6.45, 7) is 1.42. The number of nitrogens with one attached hydrogen (secondary N) is 1. The van der Waals surface area contributed by atoms with Crippen molar-refractivity contribution < 1.29 is 9.18 Å². The third-order valence-electron chi connectivity index (χ3n) is 4.52. The first-order valence-corrected chi connectivity index (χ1v) is 9.35. The molecule has 0 spiro atoms. The number of hydrogen-bond donors (Lipinski definition) is 1. The van der Waals surface area contributed by atoms with Crippen molar-refractivity contribution in [1.82, 2.24) is 9.55 Å². The first-order chi connectivity index (χ1) is 14.5. The van der Waals surface area contributed by atoms with Gasteiger partial charge >= 0.3 is 0 Å². The third kappa shape index (κ3) is 4.03. The highest BCUT2D eigenvalue weighted by Gasteiger charge is 2.11. The molecule has 0 fully saturated rings. The Balaban J connectivity index is 1.90. The van der Waals surface area contributed by atoms with Crippen LogP contribution >= 0.6 is 0 Å². The Kier molecular flexibility index (Phi) is 5.22. The summed E-state index contributed by atoms with van der Waals surface area (Å²) in [4.78, 5) is 29.4. The molecule has 1 aromatic heterocycles. The van der Waals surface area contributed by atoms with Gasteiger partial charge in [0.2, 0.25) is 5.91 Å². The molecule has 0 unspecified atom stereocenters. The van der Waals surface area contributed by atoms with Gasteiger partial charge in [-0.1, -0.05) is 36.4 Å². The lowest BCUT2D eigenvalue weighted by Crippen LogP contribution is -2.22. The summed E-state index contributed by atoms with van der Waals surface area (Å²) in [7, 11) is 0. The molecule has 0 aliphatic rings. The molecule has 1 N–H and O–H groups in total.